The maximum absolute atomic E-state index is 11.6. The molecule has 1 aliphatic rings. The van der Waals surface area contributed by atoms with E-state index < -0.39 is 0 Å². The van der Waals surface area contributed by atoms with Gasteiger partial charge in [-0.1, -0.05) is 13.8 Å². The molecule has 1 aromatic rings. The molecule has 1 aliphatic carbocycles. The smallest absolute Gasteiger partial charge is 0.251 e. The van der Waals surface area contributed by atoms with Crippen molar-refractivity contribution in [3.63, 3.8) is 0 Å². The molecule has 1 fully saturated rings. The van der Waals surface area contributed by atoms with Crippen molar-refractivity contribution in [3.8, 4) is 0 Å². The lowest BCUT2D eigenvalue weighted by Crippen LogP contribution is -2.33. The molecule has 20 heavy (non-hydrogen) atoms. The number of anilines is 2. The summed E-state index contributed by atoms with van der Waals surface area (Å²) in [6.07, 6.45) is 3.70. The molecule has 0 aliphatic heterocycles. The molecule has 0 heterocycles. The molecule has 0 saturated heterocycles. The van der Waals surface area contributed by atoms with Crippen LogP contribution in [-0.4, -0.2) is 19.0 Å². The van der Waals surface area contributed by atoms with Gasteiger partial charge >= 0.3 is 0 Å². The summed E-state index contributed by atoms with van der Waals surface area (Å²) in [5.74, 6) is 1.36. The molecule has 2 rings (SSSR count). The molecule has 0 radical (unpaired) electrons. The third-order valence-corrected chi connectivity index (χ3v) is 4.31. The van der Waals surface area contributed by atoms with Gasteiger partial charge in [0.2, 0.25) is 0 Å². The van der Waals surface area contributed by atoms with E-state index in [-0.39, 0.29) is 5.91 Å². The van der Waals surface area contributed by atoms with E-state index in [1.807, 2.05) is 12.1 Å². The number of nitrogen functional groups attached to an aromatic ring is 1. The van der Waals surface area contributed by atoms with Crippen LogP contribution in [0.3, 0.4) is 0 Å². The van der Waals surface area contributed by atoms with E-state index >= 15 is 0 Å². The van der Waals surface area contributed by atoms with E-state index in [1.165, 1.54) is 19.3 Å². The standard InChI is InChI=1S/C16H25N3O/c1-10-4-6-14(11(2)8-10)19-15-7-5-12(9-13(15)17)16(20)18-3/h5,7,9-11,14,19H,4,6,8,17H2,1-3H3,(H,18,20). The van der Waals surface area contributed by atoms with Gasteiger partial charge in [-0.05, 0) is 49.3 Å². The molecule has 0 bridgehead atoms. The van der Waals surface area contributed by atoms with Crippen molar-refractivity contribution < 1.29 is 4.79 Å². The van der Waals surface area contributed by atoms with Gasteiger partial charge in [-0.2, -0.15) is 0 Å². The normalized spacial score (nSPS) is 26.1. The summed E-state index contributed by atoms with van der Waals surface area (Å²) in [5.41, 5.74) is 8.23. The molecule has 1 aromatic carbocycles. The molecular formula is C16H25N3O. The lowest BCUT2D eigenvalue weighted by atomic mass is 9.80. The van der Waals surface area contributed by atoms with Gasteiger partial charge in [0.25, 0.3) is 5.91 Å². The fourth-order valence-corrected chi connectivity index (χ4v) is 3.06. The van der Waals surface area contributed by atoms with Crippen LogP contribution in [-0.2, 0) is 0 Å². The lowest BCUT2D eigenvalue weighted by molar-refractivity contribution is 0.0963. The molecule has 4 N–H and O–H groups in total. The predicted octanol–water partition coefficient (Wildman–Crippen LogP) is 2.87. The summed E-state index contributed by atoms with van der Waals surface area (Å²) in [5, 5.41) is 6.15. The molecule has 3 atom stereocenters. The second-order valence-corrected chi connectivity index (χ2v) is 6.03. The van der Waals surface area contributed by atoms with Crippen LogP contribution in [0.5, 0.6) is 0 Å². The van der Waals surface area contributed by atoms with Crippen LogP contribution in [0.25, 0.3) is 0 Å². The summed E-state index contributed by atoms with van der Waals surface area (Å²) < 4.78 is 0. The van der Waals surface area contributed by atoms with Crippen molar-refractivity contribution in [3.05, 3.63) is 23.8 Å². The maximum Gasteiger partial charge on any atom is 0.251 e. The molecular weight excluding hydrogens is 250 g/mol. The van der Waals surface area contributed by atoms with Gasteiger partial charge in [-0.3, -0.25) is 4.79 Å². The SMILES string of the molecule is CNC(=O)c1ccc(NC2CCC(C)CC2C)c(N)c1. The van der Waals surface area contributed by atoms with Crippen LogP contribution >= 0.6 is 0 Å². The molecule has 4 heteroatoms. The van der Waals surface area contributed by atoms with E-state index in [1.54, 1.807) is 13.1 Å². The van der Waals surface area contributed by atoms with Crippen molar-refractivity contribution in [1.82, 2.24) is 5.32 Å². The molecule has 110 valence electrons. The van der Waals surface area contributed by atoms with Gasteiger partial charge in [-0.15, -0.1) is 0 Å². The Kier molecular flexibility index (Phi) is 4.53. The minimum Gasteiger partial charge on any atom is -0.397 e. The van der Waals surface area contributed by atoms with Crippen molar-refractivity contribution in [2.45, 2.75) is 39.2 Å². The Balaban J connectivity index is 2.08. The Bertz CT molecular complexity index is 487. The Morgan fingerprint density at radius 2 is 2.05 bits per heavy atom. The highest BCUT2D eigenvalue weighted by molar-refractivity contribution is 5.95. The average molecular weight is 275 g/mol. The van der Waals surface area contributed by atoms with Gasteiger partial charge in [0.15, 0.2) is 0 Å². The number of nitrogens with one attached hydrogen (secondary N) is 2. The van der Waals surface area contributed by atoms with Crippen molar-refractivity contribution in [2.24, 2.45) is 11.8 Å². The Hall–Kier alpha value is -1.71. The third kappa shape index (κ3) is 3.24. The Morgan fingerprint density at radius 1 is 1.30 bits per heavy atom. The largest absolute Gasteiger partial charge is 0.397 e. The number of hydrogen-bond acceptors (Lipinski definition) is 3. The Morgan fingerprint density at radius 3 is 2.65 bits per heavy atom. The topological polar surface area (TPSA) is 67.2 Å². The number of amides is 1. The fourth-order valence-electron chi connectivity index (χ4n) is 3.06. The number of benzene rings is 1. The zero-order valence-electron chi connectivity index (χ0n) is 12.6. The maximum atomic E-state index is 11.6. The predicted molar refractivity (Wildman–Crippen MR) is 83.8 cm³/mol. The zero-order chi connectivity index (χ0) is 14.7. The summed E-state index contributed by atoms with van der Waals surface area (Å²) in [4.78, 5) is 11.6. The first kappa shape index (κ1) is 14.7. The summed E-state index contributed by atoms with van der Waals surface area (Å²) in [6, 6.07) is 5.93. The van der Waals surface area contributed by atoms with Crippen LogP contribution in [0.4, 0.5) is 11.4 Å². The summed E-state index contributed by atoms with van der Waals surface area (Å²) in [7, 11) is 1.62. The van der Waals surface area contributed by atoms with Gasteiger partial charge < -0.3 is 16.4 Å². The van der Waals surface area contributed by atoms with E-state index in [0.717, 1.165) is 11.6 Å². The number of nitrogens with two attached hydrogens (primary N) is 1. The van der Waals surface area contributed by atoms with Crippen molar-refractivity contribution in [1.29, 1.82) is 0 Å². The van der Waals surface area contributed by atoms with E-state index in [9.17, 15) is 4.79 Å². The van der Waals surface area contributed by atoms with Gasteiger partial charge in [0.1, 0.15) is 0 Å². The highest BCUT2D eigenvalue weighted by Gasteiger charge is 2.25. The average Bonchev–Trinajstić information content (AvgIpc) is 2.42. The van der Waals surface area contributed by atoms with E-state index in [2.05, 4.69) is 24.5 Å². The van der Waals surface area contributed by atoms with Crippen LogP contribution < -0.4 is 16.4 Å². The van der Waals surface area contributed by atoms with Gasteiger partial charge in [0.05, 0.1) is 11.4 Å². The minimum atomic E-state index is -0.108. The quantitative estimate of drug-likeness (QED) is 0.743. The van der Waals surface area contributed by atoms with Crippen LogP contribution in [0.15, 0.2) is 18.2 Å². The molecule has 1 saturated carbocycles. The summed E-state index contributed by atoms with van der Waals surface area (Å²) >= 11 is 0. The van der Waals surface area contributed by atoms with Crippen LogP contribution in [0, 0.1) is 11.8 Å². The van der Waals surface area contributed by atoms with Gasteiger partial charge in [0, 0.05) is 18.7 Å². The first-order valence-electron chi connectivity index (χ1n) is 7.39. The zero-order valence-corrected chi connectivity index (χ0v) is 12.6. The molecule has 0 spiro atoms. The number of rotatable bonds is 3. The monoisotopic (exact) mass is 275 g/mol. The number of carbonyl (C=O) groups is 1. The minimum absolute atomic E-state index is 0.108. The molecule has 0 aromatic heterocycles. The Labute approximate surface area is 121 Å². The van der Waals surface area contributed by atoms with Crippen molar-refractivity contribution >= 4 is 17.3 Å². The number of carbonyl (C=O) groups excluding carboxylic acids is 1. The summed E-state index contributed by atoms with van der Waals surface area (Å²) in [6.45, 7) is 4.61. The van der Waals surface area contributed by atoms with Gasteiger partial charge in [-0.25, -0.2) is 0 Å². The number of hydrogen-bond donors (Lipinski definition) is 3. The first-order chi connectivity index (χ1) is 9.51. The van der Waals surface area contributed by atoms with E-state index in [4.69, 9.17) is 5.73 Å². The molecule has 1 amide bonds. The first-order valence-corrected chi connectivity index (χ1v) is 7.39. The fraction of sp³-hybridized carbons (Fsp3) is 0.562. The van der Waals surface area contributed by atoms with Crippen molar-refractivity contribution in [2.75, 3.05) is 18.1 Å². The highest BCUT2D eigenvalue weighted by Crippen LogP contribution is 2.32. The second kappa shape index (κ2) is 6.16. The van der Waals surface area contributed by atoms with E-state index in [0.29, 0.717) is 23.2 Å². The third-order valence-electron chi connectivity index (χ3n) is 4.31. The van der Waals surface area contributed by atoms with Crippen LogP contribution in [0.2, 0.25) is 0 Å². The highest BCUT2D eigenvalue weighted by atomic mass is 16.1. The molecule has 3 unspecified atom stereocenters. The second-order valence-electron chi connectivity index (χ2n) is 6.03. The lowest BCUT2D eigenvalue weighted by Gasteiger charge is -2.34. The van der Waals surface area contributed by atoms with Crippen LogP contribution in [0.1, 0.15) is 43.5 Å². The molecule has 4 nitrogen and oxygen atoms in total.